The molecule has 2 heterocycles. The van der Waals surface area contributed by atoms with Gasteiger partial charge in [0.1, 0.15) is 5.58 Å². The molecule has 0 amide bonds. The first-order valence-corrected chi connectivity index (χ1v) is 10.4. The highest BCUT2D eigenvalue weighted by Crippen LogP contribution is 2.39. The molecule has 4 aromatic carbocycles. The van der Waals surface area contributed by atoms with Crippen LogP contribution >= 0.6 is 0 Å². The molecular formula is C27H20N2O2. The molecule has 0 fully saturated rings. The van der Waals surface area contributed by atoms with Crippen LogP contribution in [0.5, 0.6) is 0 Å². The van der Waals surface area contributed by atoms with Crippen molar-refractivity contribution in [1.29, 1.82) is 0 Å². The second kappa shape index (κ2) is 7.03. The lowest BCUT2D eigenvalue weighted by Crippen LogP contribution is -2.42. The van der Waals surface area contributed by atoms with Crippen LogP contribution in [0.1, 0.15) is 5.56 Å². The molecule has 0 saturated carbocycles. The molecule has 1 aliphatic heterocycles. The predicted octanol–water partition coefficient (Wildman–Crippen LogP) is 6.06. The summed E-state index contributed by atoms with van der Waals surface area (Å²) in [7, 11) is 0. The molecule has 1 aliphatic rings. The zero-order chi connectivity index (χ0) is 20.8. The zero-order valence-electron chi connectivity index (χ0n) is 16.9. The maximum absolute atomic E-state index is 13.0. The summed E-state index contributed by atoms with van der Waals surface area (Å²) in [6.07, 6.45) is 0. The molecular weight excluding hydrogens is 384 g/mol. The van der Waals surface area contributed by atoms with Gasteiger partial charge < -0.3 is 14.2 Å². The van der Waals surface area contributed by atoms with Gasteiger partial charge in [-0.25, -0.2) is 4.79 Å². The van der Waals surface area contributed by atoms with E-state index in [0.29, 0.717) is 24.4 Å². The highest BCUT2D eigenvalue weighted by Gasteiger charge is 2.29. The lowest BCUT2D eigenvalue weighted by atomic mass is 10.0. The van der Waals surface area contributed by atoms with Gasteiger partial charge in [-0.05, 0) is 47.2 Å². The normalized spacial score (nSPS) is 13.5. The third-order valence-electron chi connectivity index (χ3n) is 5.97. The Morgan fingerprint density at radius 1 is 0.710 bits per heavy atom. The van der Waals surface area contributed by atoms with Crippen molar-refractivity contribution in [3.63, 3.8) is 0 Å². The maximum atomic E-state index is 13.0. The molecule has 0 spiro atoms. The molecule has 0 bridgehead atoms. The lowest BCUT2D eigenvalue weighted by Gasteiger charge is -2.39. The number of nitrogens with zero attached hydrogens (tertiary/aromatic N) is 2. The largest absolute Gasteiger partial charge is 0.422 e. The molecule has 0 radical (unpaired) electrons. The van der Waals surface area contributed by atoms with E-state index in [2.05, 4.69) is 58.3 Å². The highest BCUT2D eigenvalue weighted by molar-refractivity contribution is 5.96. The van der Waals surface area contributed by atoms with E-state index >= 15 is 0 Å². The van der Waals surface area contributed by atoms with E-state index in [9.17, 15) is 4.79 Å². The molecule has 5 aromatic rings. The van der Waals surface area contributed by atoms with E-state index in [1.165, 1.54) is 10.8 Å². The van der Waals surface area contributed by atoms with Crippen LogP contribution in [0.25, 0.3) is 21.7 Å². The van der Waals surface area contributed by atoms with E-state index < -0.39 is 0 Å². The molecule has 0 saturated heterocycles. The van der Waals surface area contributed by atoms with Crippen LogP contribution in [0.3, 0.4) is 0 Å². The predicted molar refractivity (Wildman–Crippen MR) is 126 cm³/mol. The summed E-state index contributed by atoms with van der Waals surface area (Å²) in [5, 5.41) is 3.32. The van der Waals surface area contributed by atoms with Gasteiger partial charge in [-0.3, -0.25) is 0 Å². The van der Waals surface area contributed by atoms with Gasteiger partial charge in [-0.2, -0.15) is 0 Å². The standard InChI is InChI=1S/C27H20N2O2/c30-27-24-17-28(21-10-2-1-3-11-21)18-29(26(24)23-12-6-7-13-25(23)31-27)22-15-14-19-8-4-5-9-20(19)16-22/h1-16H,17-18H2. The first-order valence-electron chi connectivity index (χ1n) is 10.4. The van der Waals surface area contributed by atoms with E-state index in [-0.39, 0.29) is 5.63 Å². The minimum Gasteiger partial charge on any atom is -0.422 e. The van der Waals surface area contributed by atoms with Gasteiger partial charge in [0, 0.05) is 16.8 Å². The van der Waals surface area contributed by atoms with E-state index in [4.69, 9.17) is 4.42 Å². The van der Waals surface area contributed by atoms with Crippen molar-refractivity contribution in [3.8, 4) is 0 Å². The summed E-state index contributed by atoms with van der Waals surface area (Å²) in [6.45, 7) is 1.15. The number of hydrogen-bond acceptors (Lipinski definition) is 4. The van der Waals surface area contributed by atoms with Gasteiger partial charge in [-0.1, -0.05) is 60.7 Å². The summed E-state index contributed by atoms with van der Waals surface area (Å²) < 4.78 is 5.69. The Morgan fingerprint density at radius 3 is 2.32 bits per heavy atom. The monoisotopic (exact) mass is 404 g/mol. The molecule has 6 rings (SSSR count). The Kier molecular flexibility index (Phi) is 4.03. The van der Waals surface area contributed by atoms with Crippen LogP contribution in [0.15, 0.2) is 106 Å². The van der Waals surface area contributed by atoms with E-state index in [0.717, 1.165) is 22.4 Å². The number of hydrogen-bond donors (Lipinski definition) is 0. The summed E-state index contributed by atoms with van der Waals surface area (Å²) >= 11 is 0. The molecule has 0 atom stereocenters. The quantitative estimate of drug-likeness (QED) is 0.335. The van der Waals surface area contributed by atoms with Gasteiger partial charge >= 0.3 is 5.63 Å². The Labute approximate surface area is 179 Å². The van der Waals surface area contributed by atoms with Crippen LogP contribution < -0.4 is 15.4 Å². The Hall–Kier alpha value is -4.05. The van der Waals surface area contributed by atoms with Crippen molar-refractivity contribution in [3.05, 3.63) is 113 Å². The Bertz CT molecular complexity index is 1470. The van der Waals surface area contributed by atoms with Crippen molar-refractivity contribution in [1.82, 2.24) is 0 Å². The smallest absolute Gasteiger partial charge is 0.343 e. The SMILES string of the molecule is O=c1oc2ccccc2c2c1CN(c1ccccc1)CN2c1ccc2ccccc2c1. The average molecular weight is 404 g/mol. The molecule has 0 aliphatic carbocycles. The van der Waals surface area contributed by atoms with E-state index in [1.807, 2.05) is 48.5 Å². The third-order valence-corrected chi connectivity index (χ3v) is 5.97. The third kappa shape index (κ3) is 2.96. The summed E-state index contributed by atoms with van der Waals surface area (Å²) in [5.74, 6) is 0. The Morgan fingerprint density at radius 2 is 1.45 bits per heavy atom. The van der Waals surface area contributed by atoms with Gasteiger partial charge in [-0.15, -0.1) is 0 Å². The van der Waals surface area contributed by atoms with Gasteiger partial charge in [0.15, 0.2) is 0 Å². The molecule has 31 heavy (non-hydrogen) atoms. The number of rotatable bonds is 2. The molecule has 150 valence electrons. The minimum absolute atomic E-state index is 0.278. The number of para-hydroxylation sites is 2. The highest BCUT2D eigenvalue weighted by atomic mass is 16.4. The fourth-order valence-corrected chi connectivity index (χ4v) is 4.47. The fraction of sp³-hybridized carbons (Fsp3) is 0.0741. The molecule has 4 heteroatoms. The lowest BCUT2D eigenvalue weighted by molar-refractivity contribution is 0.543. The van der Waals surface area contributed by atoms with Crippen molar-refractivity contribution < 1.29 is 4.42 Å². The van der Waals surface area contributed by atoms with Crippen LogP contribution in [-0.2, 0) is 6.54 Å². The van der Waals surface area contributed by atoms with Gasteiger partial charge in [0.05, 0.1) is 24.5 Å². The molecule has 0 N–H and O–H groups in total. The topological polar surface area (TPSA) is 36.7 Å². The average Bonchev–Trinajstić information content (AvgIpc) is 2.84. The van der Waals surface area contributed by atoms with E-state index in [1.54, 1.807) is 0 Å². The first kappa shape index (κ1) is 17.8. The molecule has 0 unspecified atom stereocenters. The second-order valence-electron chi connectivity index (χ2n) is 7.85. The zero-order valence-corrected chi connectivity index (χ0v) is 16.9. The van der Waals surface area contributed by atoms with Gasteiger partial charge in [0.25, 0.3) is 0 Å². The maximum Gasteiger partial charge on any atom is 0.343 e. The van der Waals surface area contributed by atoms with Crippen molar-refractivity contribution in [2.45, 2.75) is 6.54 Å². The van der Waals surface area contributed by atoms with Crippen LogP contribution in [-0.4, -0.2) is 6.67 Å². The summed E-state index contributed by atoms with van der Waals surface area (Å²) in [5.41, 5.74) is 4.09. The number of anilines is 3. The number of benzene rings is 4. The van der Waals surface area contributed by atoms with Crippen molar-refractivity contribution in [2.24, 2.45) is 0 Å². The first-order chi connectivity index (χ1) is 15.3. The molecule has 1 aromatic heterocycles. The number of fused-ring (bicyclic) bond motifs is 4. The summed E-state index contributed by atoms with van der Waals surface area (Å²) in [6, 6.07) is 32.8. The van der Waals surface area contributed by atoms with Crippen LogP contribution in [0.2, 0.25) is 0 Å². The Balaban J connectivity index is 1.60. The molecule has 4 nitrogen and oxygen atoms in total. The van der Waals surface area contributed by atoms with Gasteiger partial charge in [0.2, 0.25) is 0 Å². The fourth-order valence-electron chi connectivity index (χ4n) is 4.47. The minimum atomic E-state index is -0.278. The van der Waals surface area contributed by atoms with Crippen LogP contribution in [0.4, 0.5) is 17.1 Å². The summed E-state index contributed by atoms with van der Waals surface area (Å²) in [4.78, 5) is 17.5. The second-order valence-corrected chi connectivity index (χ2v) is 7.85. The van der Waals surface area contributed by atoms with Crippen molar-refractivity contribution >= 4 is 38.8 Å². The van der Waals surface area contributed by atoms with Crippen LogP contribution in [0, 0.1) is 0 Å². The van der Waals surface area contributed by atoms with Crippen molar-refractivity contribution in [2.75, 3.05) is 16.5 Å².